The average molecular weight is 528 g/mol. The number of likely N-dealkylation sites (N-methyl/N-ethyl adjacent to an activating group) is 1. The lowest BCUT2D eigenvalue weighted by Gasteiger charge is -2.34. The Hall–Kier alpha value is -3.14. The van der Waals surface area contributed by atoms with Crippen LogP contribution in [0.5, 0.6) is 0 Å². The first kappa shape index (κ1) is 27.9. The number of rotatable bonds is 5. The largest absolute Gasteiger partial charge is 0.444 e. The maximum atomic E-state index is 13.7. The number of ether oxygens (including phenoxy) is 1. The third-order valence-corrected chi connectivity index (χ3v) is 7.64. The molecule has 2 saturated heterocycles. The Kier molecular flexibility index (Phi) is 8.30. The summed E-state index contributed by atoms with van der Waals surface area (Å²) in [6.07, 6.45) is 3.98. The van der Waals surface area contributed by atoms with E-state index in [0.29, 0.717) is 32.4 Å². The van der Waals surface area contributed by atoms with Crippen LogP contribution in [0.2, 0.25) is 0 Å². The van der Waals surface area contributed by atoms with Gasteiger partial charge in [0.2, 0.25) is 11.8 Å². The normalized spacial score (nSPS) is 24.5. The molecule has 10 nitrogen and oxygen atoms in total. The summed E-state index contributed by atoms with van der Waals surface area (Å²) in [5.41, 5.74) is 1.72. The number of carbonyl (C=O) groups excluding carboxylic acids is 4. The Morgan fingerprint density at radius 2 is 1.74 bits per heavy atom. The predicted octanol–water partition coefficient (Wildman–Crippen LogP) is 2.53. The second-order valence-corrected chi connectivity index (χ2v) is 11.6. The highest BCUT2D eigenvalue weighted by atomic mass is 16.6. The van der Waals surface area contributed by atoms with E-state index in [1.54, 1.807) is 32.7 Å². The van der Waals surface area contributed by atoms with Gasteiger partial charge in [-0.05, 0) is 77.3 Å². The summed E-state index contributed by atoms with van der Waals surface area (Å²) in [4.78, 5) is 53.8. The number of amides is 4. The van der Waals surface area contributed by atoms with E-state index in [4.69, 9.17) is 4.74 Å². The Morgan fingerprint density at radius 1 is 1.03 bits per heavy atom. The molecule has 10 heteroatoms. The molecule has 0 saturated carbocycles. The number of nitrogens with zero attached hydrogens (tertiary/aromatic N) is 3. The van der Waals surface area contributed by atoms with Crippen molar-refractivity contribution in [3.8, 4) is 0 Å². The van der Waals surface area contributed by atoms with Crippen molar-refractivity contribution in [2.24, 2.45) is 0 Å². The fourth-order valence-electron chi connectivity index (χ4n) is 5.48. The highest BCUT2D eigenvalue weighted by Crippen LogP contribution is 2.31. The van der Waals surface area contributed by atoms with Crippen LogP contribution in [-0.2, 0) is 25.5 Å². The summed E-state index contributed by atoms with van der Waals surface area (Å²) in [6.45, 7) is 8.13. The SMILES string of the molecule is CC(C(=O)NC1CCCN2CCC(C(=O)NC3CCCc4ccccc43)N2C1=O)N(C)C(=O)OC(C)(C)C. The van der Waals surface area contributed by atoms with E-state index < -0.39 is 35.7 Å². The standard InChI is InChI=1S/C28H41N5O5/c1-18(31(5)27(37)38-28(2,3)4)24(34)30-22-14-9-16-32-17-15-23(33(32)26(22)36)25(35)29-21-13-8-11-19-10-6-7-12-20(19)21/h6-7,10,12,18,21-23H,8-9,11,13-17H2,1-5H3,(H,29,35)(H,30,34). The molecule has 1 aromatic rings. The van der Waals surface area contributed by atoms with Gasteiger partial charge in [0.1, 0.15) is 23.7 Å². The molecular weight excluding hydrogens is 486 g/mol. The first-order valence-corrected chi connectivity index (χ1v) is 13.7. The fourth-order valence-corrected chi connectivity index (χ4v) is 5.48. The summed E-state index contributed by atoms with van der Waals surface area (Å²) in [5.74, 6) is -0.888. The van der Waals surface area contributed by atoms with Crippen LogP contribution in [0.15, 0.2) is 24.3 Å². The first-order valence-electron chi connectivity index (χ1n) is 13.7. The molecule has 2 fully saturated rings. The van der Waals surface area contributed by atoms with Gasteiger partial charge in [-0.1, -0.05) is 24.3 Å². The second kappa shape index (κ2) is 11.3. The number of benzene rings is 1. The lowest BCUT2D eigenvalue weighted by Crippen LogP contribution is -2.58. The lowest BCUT2D eigenvalue weighted by atomic mass is 9.87. The highest BCUT2D eigenvalue weighted by molar-refractivity contribution is 5.94. The molecule has 4 atom stereocenters. The lowest BCUT2D eigenvalue weighted by molar-refractivity contribution is -0.154. The van der Waals surface area contributed by atoms with Gasteiger partial charge in [-0.15, -0.1) is 0 Å². The Balaban J connectivity index is 1.42. The third-order valence-electron chi connectivity index (χ3n) is 7.64. The molecule has 0 spiro atoms. The van der Waals surface area contributed by atoms with E-state index in [9.17, 15) is 19.2 Å². The Bertz CT molecular complexity index is 1070. The van der Waals surface area contributed by atoms with Crippen LogP contribution in [0.1, 0.15) is 77.0 Å². The van der Waals surface area contributed by atoms with E-state index in [-0.39, 0.29) is 17.9 Å². The number of hydrazine groups is 1. The molecule has 0 aromatic heterocycles. The molecule has 4 rings (SSSR count). The van der Waals surface area contributed by atoms with Gasteiger partial charge in [-0.3, -0.25) is 24.3 Å². The number of hydrogen-bond acceptors (Lipinski definition) is 6. The van der Waals surface area contributed by atoms with Crippen molar-refractivity contribution in [1.29, 1.82) is 0 Å². The van der Waals surface area contributed by atoms with E-state index in [1.165, 1.54) is 17.5 Å². The van der Waals surface area contributed by atoms with Crippen molar-refractivity contribution in [2.45, 2.75) is 96.0 Å². The van der Waals surface area contributed by atoms with Crippen LogP contribution in [0, 0.1) is 0 Å². The van der Waals surface area contributed by atoms with Crippen LogP contribution >= 0.6 is 0 Å². The number of aryl methyl sites for hydroxylation is 1. The third kappa shape index (κ3) is 6.11. The molecule has 2 aliphatic heterocycles. The van der Waals surface area contributed by atoms with E-state index in [1.807, 2.05) is 17.1 Å². The molecule has 4 unspecified atom stereocenters. The first-order chi connectivity index (χ1) is 18.0. The van der Waals surface area contributed by atoms with Gasteiger partial charge in [0.15, 0.2) is 0 Å². The van der Waals surface area contributed by atoms with Crippen molar-refractivity contribution in [3.63, 3.8) is 0 Å². The molecule has 3 aliphatic rings. The molecule has 1 aliphatic carbocycles. The molecular formula is C28H41N5O5. The molecule has 0 radical (unpaired) electrons. The zero-order chi connectivity index (χ0) is 27.6. The Labute approximate surface area is 225 Å². The van der Waals surface area contributed by atoms with Crippen molar-refractivity contribution in [2.75, 3.05) is 20.1 Å². The van der Waals surface area contributed by atoms with Gasteiger partial charge in [0, 0.05) is 20.1 Å². The predicted molar refractivity (Wildman–Crippen MR) is 142 cm³/mol. The summed E-state index contributed by atoms with van der Waals surface area (Å²) >= 11 is 0. The molecule has 4 amide bonds. The maximum absolute atomic E-state index is 13.7. The fraction of sp³-hybridized carbons (Fsp3) is 0.643. The quantitative estimate of drug-likeness (QED) is 0.609. The number of carbonyl (C=O) groups is 4. The van der Waals surface area contributed by atoms with Gasteiger partial charge in [0.05, 0.1) is 6.04 Å². The van der Waals surface area contributed by atoms with Crippen LogP contribution < -0.4 is 10.6 Å². The summed E-state index contributed by atoms with van der Waals surface area (Å²) < 4.78 is 5.36. The molecule has 1 aromatic carbocycles. The van der Waals surface area contributed by atoms with Crippen molar-refractivity contribution in [1.82, 2.24) is 25.6 Å². The van der Waals surface area contributed by atoms with Crippen molar-refractivity contribution >= 4 is 23.8 Å². The van der Waals surface area contributed by atoms with Gasteiger partial charge in [0.25, 0.3) is 5.91 Å². The van der Waals surface area contributed by atoms with Gasteiger partial charge >= 0.3 is 6.09 Å². The highest BCUT2D eigenvalue weighted by Gasteiger charge is 2.45. The average Bonchev–Trinajstić information content (AvgIpc) is 3.23. The zero-order valence-electron chi connectivity index (χ0n) is 23.2. The number of hydrogen-bond donors (Lipinski definition) is 2. The number of nitrogens with one attached hydrogen (secondary N) is 2. The van der Waals surface area contributed by atoms with E-state index in [0.717, 1.165) is 24.8 Å². The monoisotopic (exact) mass is 527 g/mol. The smallest absolute Gasteiger partial charge is 0.410 e. The van der Waals surface area contributed by atoms with Gasteiger partial charge in [-0.25, -0.2) is 9.80 Å². The summed E-state index contributed by atoms with van der Waals surface area (Å²) in [6, 6.07) is 5.91. The summed E-state index contributed by atoms with van der Waals surface area (Å²) in [5, 5.41) is 9.54. The minimum atomic E-state index is -0.832. The van der Waals surface area contributed by atoms with Crippen molar-refractivity contribution < 1.29 is 23.9 Å². The molecule has 208 valence electrons. The van der Waals surface area contributed by atoms with E-state index in [2.05, 4.69) is 22.8 Å². The Morgan fingerprint density at radius 3 is 2.47 bits per heavy atom. The maximum Gasteiger partial charge on any atom is 0.410 e. The minimum Gasteiger partial charge on any atom is -0.444 e. The van der Waals surface area contributed by atoms with E-state index >= 15 is 0 Å². The van der Waals surface area contributed by atoms with Crippen LogP contribution in [0.4, 0.5) is 4.79 Å². The minimum absolute atomic E-state index is 0.0664. The van der Waals surface area contributed by atoms with Crippen molar-refractivity contribution in [3.05, 3.63) is 35.4 Å². The van der Waals surface area contributed by atoms with Gasteiger partial charge < -0.3 is 15.4 Å². The number of fused-ring (bicyclic) bond motifs is 2. The molecule has 2 heterocycles. The van der Waals surface area contributed by atoms with Crippen LogP contribution in [0.25, 0.3) is 0 Å². The van der Waals surface area contributed by atoms with Gasteiger partial charge in [-0.2, -0.15) is 0 Å². The molecule has 0 bridgehead atoms. The zero-order valence-corrected chi connectivity index (χ0v) is 23.2. The molecule has 2 N–H and O–H groups in total. The van der Waals surface area contributed by atoms with Crippen LogP contribution in [-0.4, -0.2) is 82.6 Å². The summed E-state index contributed by atoms with van der Waals surface area (Å²) in [7, 11) is 1.50. The van der Waals surface area contributed by atoms with Crippen LogP contribution in [0.3, 0.4) is 0 Å². The second-order valence-electron chi connectivity index (χ2n) is 11.6. The topological polar surface area (TPSA) is 111 Å². The molecule has 38 heavy (non-hydrogen) atoms.